The smallest absolute Gasteiger partial charge is 0.410 e. The van der Waals surface area contributed by atoms with Crippen molar-refractivity contribution < 1.29 is 28.9 Å². The van der Waals surface area contributed by atoms with Crippen LogP contribution in [0.25, 0.3) is 0 Å². The summed E-state index contributed by atoms with van der Waals surface area (Å²) in [5, 5.41) is 9.01. The largest absolute Gasteiger partial charge is 0.492 e. The summed E-state index contributed by atoms with van der Waals surface area (Å²) in [5.74, 6) is 0.716. The van der Waals surface area contributed by atoms with Crippen molar-refractivity contribution in [3.8, 4) is 5.75 Å². The van der Waals surface area contributed by atoms with Gasteiger partial charge in [-0.25, -0.2) is 4.79 Å². The molecule has 9 heteroatoms. The van der Waals surface area contributed by atoms with Gasteiger partial charge in [0.05, 0.1) is 30.3 Å². The SMILES string of the molecule is CC(C)(C)OC(=O)N1CCO[C@@H](C(=O)N(C2CC2)[C@@H]2CCc3cc(Br)c(OCCCCO)cc32)C1. The molecule has 2 atom stereocenters. The van der Waals surface area contributed by atoms with E-state index in [0.717, 1.165) is 47.9 Å². The summed E-state index contributed by atoms with van der Waals surface area (Å²) >= 11 is 3.63. The average molecular weight is 553 g/mol. The Bertz CT molecular complexity index is 929. The minimum atomic E-state index is -0.689. The minimum absolute atomic E-state index is 0.0293. The number of hydrogen-bond acceptors (Lipinski definition) is 6. The summed E-state index contributed by atoms with van der Waals surface area (Å²) in [4.78, 5) is 30.0. The van der Waals surface area contributed by atoms with Crippen LogP contribution in [0.1, 0.15) is 70.0 Å². The van der Waals surface area contributed by atoms with E-state index in [4.69, 9.17) is 19.3 Å². The molecule has 1 aromatic carbocycles. The van der Waals surface area contributed by atoms with Gasteiger partial charge in [0.1, 0.15) is 11.4 Å². The number of ether oxygens (including phenoxy) is 3. The third kappa shape index (κ3) is 6.49. The maximum atomic E-state index is 13.8. The number of aliphatic hydroxyl groups excluding tert-OH is 1. The molecule has 194 valence electrons. The first kappa shape index (κ1) is 26.2. The van der Waals surface area contributed by atoms with E-state index in [1.54, 1.807) is 4.90 Å². The van der Waals surface area contributed by atoms with Crippen LogP contribution in [0.15, 0.2) is 16.6 Å². The molecule has 1 aromatic rings. The average Bonchev–Trinajstić information content (AvgIpc) is 3.57. The molecule has 3 aliphatic rings. The van der Waals surface area contributed by atoms with E-state index in [-0.39, 0.29) is 31.1 Å². The van der Waals surface area contributed by atoms with E-state index in [1.807, 2.05) is 25.7 Å². The fourth-order valence-electron chi connectivity index (χ4n) is 4.78. The first-order valence-electron chi connectivity index (χ1n) is 12.7. The highest BCUT2D eigenvalue weighted by atomic mass is 79.9. The van der Waals surface area contributed by atoms with Crippen LogP contribution in [-0.4, -0.2) is 77.6 Å². The number of benzene rings is 1. The van der Waals surface area contributed by atoms with Gasteiger partial charge in [-0.05, 0) is 98.5 Å². The van der Waals surface area contributed by atoms with Gasteiger partial charge in [0.15, 0.2) is 6.10 Å². The highest BCUT2D eigenvalue weighted by molar-refractivity contribution is 9.10. The molecule has 1 heterocycles. The van der Waals surface area contributed by atoms with Gasteiger partial charge in [-0.1, -0.05) is 0 Å². The molecule has 0 unspecified atom stereocenters. The minimum Gasteiger partial charge on any atom is -0.492 e. The molecule has 0 aromatic heterocycles. The monoisotopic (exact) mass is 552 g/mol. The lowest BCUT2D eigenvalue weighted by Gasteiger charge is -2.38. The number of nitrogens with zero attached hydrogens (tertiary/aromatic N) is 2. The third-order valence-electron chi connectivity index (χ3n) is 6.57. The van der Waals surface area contributed by atoms with Crippen molar-refractivity contribution in [2.45, 2.75) is 83.1 Å². The molecule has 1 saturated heterocycles. The summed E-state index contributed by atoms with van der Waals surface area (Å²) < 4.78 is 18.3. The number of aliphatic hydroxyl groups is 1. The number of carbonyl (C=O) groups is 2. The number of hydrogen-bond donors (Lipinski definition) is 1. The molecule has 35 heavy (non-hydrogen) atoms. The van der Waals surface area contributed by atoms with Crippen molar-refractivity contribution in [1.29, 1.82) is 0 Å². The number of unbranched alkanes of at least 4 members (excludes halogenated alkanes) is 1. The summed E-state index contributed by atoms with van der Waals surface area (Å²) in [6, 6.07) is 4.34. The van der Waals surface area contributed by atoms with Crippen LogP contribution in [-0.2, 0) is 20.7 Å². The zero-order chi connectivity index (χ0) is 25.2. The van der Waals surface area contributed by atoms with Crippen LogP contribution < -0.4 is 4.74 Å². The zero-order valence-electron chi connectivity index (χ0n) is 20.9. The number of rotatable bonds is 8. The molecule has 0 radical (unpaired) electrons. The first-order chi connectivity index (χ1) is 16.7. The van der Waals surface area contributed by atoms with Crippen molar-refractivity contribution in [1.82, 2.24) is 9.80 Å². The van der Waals surface area contributed by atoms with Gasteiger partial charge < -0.3 is 29.1 Å². The molecule has 1 saturated carbocycles. The van der Waals surface area contributed by atoms with Crippen LogP contribution in [0.3, 0.4) is 0 Å². The molecule has 1 N–H and O–H groups in total. The standard InChI is InChI=1S/C26H37BrN2O6/c1-26(2,3)35-25(32)28-10-13-34-23(16-28)24(31)29(18-7-8-18)21-9-6-17-14-20(27)22(15-19(17)21)33-12-5-4-11-30/h14-15,18,21,23,30H,4-13,16H2,1-3H3/t21-,23-/m1/s1. The second-order valence-corrected chi connectivity index (χ2v) is 11.4. The van der Waals surface area contributed by atoms with E-state index in [1.165, 1.54) is 5.56 Å². The van der Waals surface area contributed by atoms with Crippen LogP contribution in [0.5, 0.6) is 5.75 Å². The first-order valence-corrected chi connectivity index (χ1v) is 13.4. The molecule has 0 spiro atoms. The summed E-state index contributed by atoms with van der Waals surface area (Å²) in [6.07, 6.45) is 4.12. The number of amides is 2. The van der Waals surface area contributed by atoms with Crippen molar-refractivity contribution in [3.05, 3.63) is 27.7 Å². The molecule has 8 nitrogen and oxygen atoms in total. The summed E-state index contributed by atoms with van der Waals surface area (Å²) in [7, 11) is 0. The Balaban J connectivity index is 1.49. The molecule has 2 amide bonds. The van der Waals surface area contributed by atoms with Crippen LogP contribution in [0.2, 0.25) is 0 Å². The number of morpholine rings is 1. The molecular weight excluding hydrogens is 516 g/mol. The molecule has 2 fully saturated rings. The van der Waals surface area contributed by atoms with Crippen LogP contribution >= 0.6 is 15.9 Å². The van der Waals surface area contributed by atoms with E-state index in [0.29, 0.717) is 26.2 Å². The van der Waals surface area contributed by atoms with Gasteiger partial charge in [0, 0.05) is 19.2 Å². The second-order valence-electron chi connectivity index (χ2n) is 10.6. The van der Waals surface area contributed by atoms with E-state index >= 15 is 0 Å². The topological polar surface area (TPSA) is 88.5 Å². The molecular formula is C26H37BrN2O6. The van der Waals surface area contributed by atoms with Gasteiger partial charge in [-0.2, -0.15) is 0 Å². The highest BCUT2D eigenvalue weighted by Crippen LogP contribution is 2.45. The summed E-state index contributed by atoms with van der Waals surface area (Å²) in [5.41, 5.74) is 1.77. The highest BCUT2D eigenvalue weighted by Gasteiger charge is 2.44. The predicted octanol–water partition coefficient (Wildman–Crippen LogP) is 4.21. The van der Waals surface area contributed by atoms with Crippen molar-refractivity contribution in [2.75, 3.05) is 32.9 Å². The molecule has 0 bridgehead atoms. The summed E-state index contributed by atoms with van der Waals surface area (Å²) in [6.45, 7) is 7.13. The lowest BCUT2D eigenvalue weighted by atomic mass is 10.0. The Morgan fingerprint density at radius 3 is 2.69 bits per heavy atom. The van der Waals surface area contributed by atoms with Gasteiger partial charge in [0.2, 0.25) is 0 Å². The Hall–Kier alpha value is -1.84. The van der Waals surface area contributed by atoms with E-state index < -0.39 is 17.8 Å². The van der Waals surface area contributed by atoms with Gasteiger partial charge in [-0.3, -0.25) is 4.79 Å². The number of carbonyl (C=O) groups excluding carboxylic acids is 2. The Morgan fingerprint density at radius 1 is 1.23 bits per heavy atom. The van der Waals surface area contributed by atoms with E-state index in [9.17, 15) is 9.59 Å². The number of halogens is 1. The maximum absolute atomic E-state index is 13.8. The number of fused-ring (bicyclic) bond motifs is 1. The second kappa shape index (κ2) is 11.0. The van der Waals surface area contributed by atoms with Gasteiger partial charge >= 0.3 is 6.09 Å². The fourth-order valence-corrected chi connectivity index (χ4v) is 5.28. The van der Waals surface area contributed by atoms with Crippen molar-refractivity contribution >= 4 is 27.9 Å². The lowest BCUT2D eigenvalue weighted by Crippen LogP contribution is -2.54. The van der Waals surface area contributed by atoms with Crippen molar-refractivity contribution in [2.24, 2.45) is 0 Å². The Kier molecular flexibility index (Phi) is 8.28. The molecule has 4 rings (SSSR count). The third-order valence-corrected chi connectivity index (χ3v) is 7.19. The van der Waals surface area contributed by atoms with Gasteiger partial charge in [-0.15, -0.1) is 0 Å². The number of aryl methyl sites for hydroxylation is 1. The van der Waals surface area contributed by atoms with Crippen LogP contribution in [0, 0.1) is 0 Å². The molecule has 1 aliphatic heterocycles. The Labute approximate surface area is 216 Å². The van der Waals surface area contributed by atoms with Crippen LogP contribution in [0.4, 0.5) is 4.79 Å². The van der Waals surface area contributed by atoms with Crippen molar-refractivity contribution in [3.63, 3.8) is 0 Å². The zero-order valence-corrected chi connectivity index (χ0v) is 22.5. The molecule has 2 aliphatic carbocycles. The van der Waals surface area contributed by atoms with E-state index in [2.05, 4.69) is 28.1 Å². The normalized spacial score (nSPS) is 22.0. The van der Waals surface area contributed by atoms with Gasteiger partial charge in [0.25, 0.3) is 5.91 Å². The quantitative estimate of drug-likeness (QED) is 0.486. The lowest BCUT2D eigenvalue weighted by molar-refractivity contribution is -0.152. The predicted molar refractivity (Wildman–Crippen MR) is 134 cm³/mol. The Morgan fingerprint density at radius 2 is 2.00 bits per heavy atom. The maximum Gasteiger partial charge on any atom is 0.410 e. The fraction of sp³-hybridized carbons (Fsp3) is 0.692.